The van der Waals surface area contributed by atoms with E-state index in [-0.39, 0.29) is 5.75 Å². The van der Waals surface area contributed by atoms with E-state index in [1.165, 1.54) is 0 Å². The molecule has 1 nitrogen and oxygen atoms in total. The fourth-order valence-corrected chi connectivity index (χ4v) is 1.64. The van der Waals surface area contributed by atoms with Crippen LogP contribution in [0.5, 0.6) is 5.75 Å². The number of rotatable bonds is 2. The first kappa shape index (κ1) is 8.75. The highest BCUT2D eigenvalue weighted by molar-refractivity contribution is 7.97. The monoisotopic (exact) mass is 188 g/mol. The zero-order valence-electron chi connectivity index (χ0n) is 6.17. The van der Waals surface area contributed by atoms with Gasteiger partial charge in [-0.3, -0.25) is 0 Å². The molecule has 0 atom stereocenters. The van der Waals surface area contributed by atoms with Crippen LogP contribution in [0.4, 0.5) is 0 Å². The maximum Gasteiger partial charge on any atom is 0.115 e. The fraction of sp³-hybridized carbons (Fsp3) is 0.250. The van der Waals surface area contributed by atoms with Crippen molar-refractivity contribution in [3.63, 3.8) is 0 Å². The van der Waals surface area contributed by atoms with Crippen molar-refractivity contribution in [1.82, 2.24) is 0 Å². The second kappa shape index (κ2) is 3.88. The molecule has 1 N–H and O–H groups in total. The lowest BCUT2D eigenvalue weighted by Crippen LogP contribution is -1.80. The standard InChI is InChI=1S/C8H9ClOS/c1-11-5-6-4-7(10)2-3-8(6)9/h2-4,10H,5H2,1H3. The number of hydrogen-bond acceptors (Lipinski definition) is 2. The van der Waals surface area contributed by atoms with Gasteiger partial charge in [0.2, 0.25) is 0 Å². The Bertz CT molecular complexity index is 250. The molecule has 0 amide bonds. The molecule has 0 saturated carbocycles. The minimum atomic E-state index is 0.276. The number of benzene rings is 1. The van der Waals surface area contributed by atoms with Crippen LogP contribution in [0.1, 0.15) is 5.56 Å². The Morgan fingerprint density at radius 2 is 2.27 bits per heavy atom. The number of aromatic hydroxyl groups is 1. The average Bonchev–Trinajstić information content (AvgIpc) is 1.98. The van der Waals surface area contributed by atoms with Crippen molar-refractivity contribution in [3.8, 4) is 5.75 Å². The lowest BCUT2D eigenvalue weighted by atomic mass is 10.2. The molecule has 3 heteroatoms. The Hall–Kier alpha value is -0.340. The molecule has 1 aromatic rings. The maximum atomic E-state index is 9.10. The van der Waals surface area contributed by atoms with Gasteiger partial charge in [0.25, 0.3) is 0 Å². The summed E-state index contributed by atoms with van der Waals surface area (Å²) in [5.41, 5.74) is 0.985. The van der Waals surface area contributed by atoms with E-state index in [4.69, 9.17) is 16.7 Å². The van der Waals surface area contributed by atoms with Gasteiger partial charge in [0.1, 0.15) is 5.75 Å². The Kier molecular flexibility index (Phi) is 3.09. The molecule has 0 spiro atoms. The molecule has 0 aliphatic carbocycles. The van der Waals surface area contributed by atoms with Crippen LogP contribution in [0.3, 0.4) is 0 Å². The molecular formula is C8H9ClOS. The molecule has 0 unspecified atom stereocenters. The van der Waals surface area contributed by atoms with E-state index in [0.29, 0.717) is 0 Å². The van der Waals surface area contributed by atoms with Gasteiger partial charge in [-0.25, -0.2) is 0 Å². The Morgan fingerprint density at radius 1 is 1.55 bits per heavy atom. The lowest BCUT2D eigenvalue weighted by molar-refractivity contribution is 0.475. The highest BCUT2D eigenvalue weighted by Crippen LogP contribution is 2.23. The normalized spacial score (nSPS) is 10.0. The van der Waals surface area contributed by atoms with Gasteiger partial charge in [0, 0.05) is 10.8 Å². The first-order chi connectivity index (χ1) is 5.24. The smallest absolute Gasteiger partial charge is 0.115 e. The Morgan fingerprint density at radius 3 is 2.91 bits per heavy atom. The summed E-state index contributed by atoms with van der Waals surface area (Å²) in [6, 6.07) is 4.99. The summed E-state index contributed by atoms with van der Waals surface area (Å²) < 4.78 is 0. The van der Waals surface area contributed by atoms with Gasteiger partial charge in [-0.05, 0) is 30.0 Å². The van der Waals surface area contributed by atoms with Crippen molar-refractivity contribution in [1.29, 1.82) is 0 Å². The maximum absolute atomic E-state index is 9.10. The summed E-state index contributed by atoms with van der Waals surface area (Å²) in [4.78, 5) is 0. The van der Waals surface area contributed by atoms with Crippen molar-refractivity contribution < 1.29 is 5.11 Å². The van der Waals surface area contributed by atoms with E-state index in [0.717, 1.165) is 16.3 Å². The highest BCUT2D eigenvalue weighted by Gasteiger charge is 1.99. The van der Waals surface area contributed by atoms with Gasteiger partial charge >= 0.3 is 0 Å². The van der Waals surface area contributed by atoms with E-state index in [9.17, 15) is 0 Å². The van der Waals surface area contributed by atoms with Crippen molar-refractivity contribution in [2.45, 2.75) is 5.75 Å². The summed E-state index contributed by atoms with van der Waals surface area (Å²) in [6.07, 6.45) is 2.00. The molecule has 1 rings (SSSR count). The molecule has 60 valence electrons. The quantitative estimate of drug-likeness (QED) is 0.770. The zero-order valence-corrected chi connectivity index (χ0v) is 7.75. The molecule has 0 saturated heterocycles. The van der Waals surface area contributed by atoms with Crippen LogP contribution in [-0.2, 0) is 5.75 Å². The number of hydrogen-bond donors (Lipinski definition) is 1. The van der Waals surface area contributed by atoms with Crippen LogP contribution in [0.15, 0.2) is 18.2 Å². The third-order valence-electron chi connectivity index (χ3n) is 1.33. The third kappa shape index (κ3) is 2.31. The molecule has 0 aliphatic heterocycles. The van der Waals surface area contributed by atoms with Crippen molar-refractivity contribution in [3.05, 3.63) is 28.8 Å². The molecule has 0 bridgehead atoms. The zero-order chi connectivity index (χ0) is 8.27. The van der Waals surface area contributed by atoms with Gasteiger partial charge < -0.3 is 5.11 Å². The molecule has 0 heterocycles. The third-order valence-corrected chi connectivity index (χ3v) is 2.30. The van der Waals surface area contributed by atoms with Crippen LogP contribution < -0.4 is 0 Å². The van der Waals surface area contributed by atoms with Gasteiger partial charge in [0.15, 0.2) is 0 Å². The molecule has 0 radical (unpaired) electrons. The largest absolute Gasteiger partial charge is 0.508 e. The summed E-state index contributed by atoms with van der Waals surface area (Å²) in [5, 5.41) is 9.82. The van der Waals surface area contributed by atoms with E-state index in [1.807, 2.05) is 6.26 Å². The number of thioether (sulfide) groups is 1. The van der Waals surface area contributed by atoms with Crippen LogP contribution >= 0.6 is 23.4 Å². The lowest BCUT2D eigenvalue weighted by Gasteiger charge is -2.01. The average molecular weight is 189 g/mol. The van der Waals surface area contributed by atoms with E-state index in [1.54, 1.807) is 30.0 Å². The van der Waals surface area contributed by atoms with E-state index in [2.05, 4.69) is 0 Å². The molecule has 0 aliphatic rings. The van der Waals surface area contributed by atoms with E-state index >= 15 is 0 Å². The van der Waals surface area contributed by atoms with Crippen molar-refractivity contribution in [2.24, 2.45) is 0 Å². The summed E-state index contributed by atoms with van der Waals surface area (Å²) in [5.74, 6) is 1.12. The van der Waals surface area contributed by atoms with Crippen molar-refractivity contribution >= 4 is 23.4 Å². The first-order valence-corrected chi connectivity index (χ1v) is 4.97. The van der Waals surface area contributed by atoms with Gasteiger partial charge in [-0.2, -0.15) is 11.8 Å². The predicted molar refractivity (Wildman–Crippen MR) is 50.3 cm³/mol. The second-order valence-corrected chi connectivity index (χ2v) is 3.48. The molecule has 0 aromatic heterocycles. The summed E-state index contributed by atoms with van der Waals surface area (Å²) in [6.45, 7) is 0. The predicted octanol–water partition coefficient (Wildman–Crippen LogP) is 2.91. The molecule has 11 heavy (non-hydrogen) atoms. The van der Waals surface area contributed by atoms with Crippen LogP contribution in [-0.4, -0.2) is 11.4 Å². The molecular weight excluding hydrogens is 180 g/mol. The topological polar surface area (TPSA) is 20.2 Å². The van der Waals surface area contributed by atoms with Crippen LogP contribution in [0, 0.1) is 0 Å². The highest BCUT2D eigenvalue weighted by atomic mass is 35.5. The fourth-order valence-electron chi connectivity index (χ4n) is 0.827. The minimum Gasteiger partial charge on any atom is -0.508 e. The van der Waals surface area contributed by atoms with Gasteiger partial charge in [-0.1, -0.05) is 11.6 Å². The molecule has 0 fully saturated rings. The van der Waals surface area contributed by atoms with E-state index < -0.39 is 0 Å². The number of halogens is 1. The number of phenols is 1. The van der Waals surface area contributed by atoms with Crippen LogP contribution in [0.2, 0.25) is 5.02 Å². The first-order valence-electron chi connectivity index (χ1n) is 3.20. The van der Waals surface area contributed by atoms with Crippen molar-refractivity contribution in [2.75, 3.05) is 6.26 Å². The summed E-state index contributed by atoms with van der Waals surface area (Å²) in [7, 11) is 0. The minimum absolute atomic E-state index is 0.276. The number of phenolic OH excluding ortho intramolecular Hbond substituents is 1. The SMILES string of the molecule is CSCc1cc(O)ccc1Cl. The summed E-state index contributed by atoms with van der Waals surface area (Å²) >= 11 is 7.53. The van der Waals surface area contributed by atoms with Gasteiger partial charge in [0.05, 0.1) is 0 Å². The Labute approximate surface area is 75.4 Å². The second-order valence-electron chi connectivity index (χ2n) is 2.21. The Balaban J connectivity index is 2.93. The molecule has 1 aromatic carbocycles. The van der Waals surface area contributed by atoms with Crippen LogP contribution in [0.25, 0.3) is 0 Å². The van der Waals surface area contributed by atoms with Gasteiger partial charge in [-0.15, -0.1) is 0 Å².